The minimum Gasteiger partial charge on any atom is -0.493 e. The van der Waals surface area contributed by atoms with Gasteiger partial charge in [0.2, 0.25) is 0 Å². The fourth-order valence-electron chi connectivity index (χ4n) is 2.09. The van der Waals surface area contributed by atoms with Crippen molar-refractivity contribution in [1.82, 2.24) is 4.90 Å². The Labute approximate surface area is 157 Å². The van der Waals surface area contributed by atoms with Crippen molar-refractivity contribution >= 4 is 50.9 Å². The summed E-state index contributed by atoms with van der Waals surface area (Å²) in [5.74, 6) is -0.146. The van der Waals surface area contributed by atoms with Crippen LogP contribution in [0, 0.1) is 0 Å². The van der Waals surface area contributed by atoms with Gasteiger partial charge in [-0.15, -0.1) is 0 Å². The van der Waals surface area contributed by atoms with E-state index in [0.717, 1.165) is 16.7 Å². The largest absolute Gasteiger partial charge is 0.493 e. The van der Waals surface area contributed by atoms with Gasteiger partial charge in [0.25, 0.3) is 11.1 Å². The summed E-state index contributed by atoms with van der Waals surface area (Å²) < 4.78 is 15.9. The van der Waals surface area contributed by atoms with Gasteiger partial charge < -0.3 is 14.2 Å². The molecule has 25 heavy (non-hydrogen) atoms. The van der Waals surface area contributed by atoms with Crippen molar-refractivity contribution in [1.29, 1.82) is 0 Å². The average molecular weight is 430 g/mol. The van der Waals surface area contributed by atoms with Gasteiger partial charge in [0.1, 0.15) is 6.54 Å². The van der Waals surface area contributed by atoms with Crippen LogP contribution in [0.25, 0.3) is 6.08 Å². The Morgan fingerprint density at radius 2 is 1.88 bits per heavy atom. The molecule has 0 atom stereocenters. The van der Waals surface area contributed by atoms with Gasteiger partial charge in [0.15, 0.2) is 11.5 Å². The highest BCUT2D eigenvalue weighted by Crippen LogP contribution is 2.37. The number of rotatable bonds is 6. The second kappa shape index (κ2) is 8.39. The predicted molar refractivity (Wildman–Crippen MR) is 96.6 cm³/mol. The van der Waals surface area contributed by atoms with E-state index in [-0.39, 0.29) is 11.5 Å². The number of amides is 2. The molecule has 7 nitrogen and oxygen atoms in total. The van der Waals surface area contributed by atoms with E-state index in [0.29, 0.717) is 21.5 Å². The predicted octanol–water partition coefficient (Wildman–Crippen LogP) is 3.07. The van der Waals surface area contributed by atoms with Crippen LogP contribution in [-0.2, 0) is 14.3 Å². The van der Waals surface area contributed by atoms with Crippen LogP contribution < -0.4 is 9.47 Å². The van der Waals surface area contributed by atoms with E-state index in [1.54, 1.807) is 25.1 Å². The highest BCUT2D eigenvalue weighted by Gasteiger charge is 2.36. The Morgan fingerprint density at radius 1 is 1.24 bits per heavy atom. The van der Waals surface area contributed by atoms with Gasteiger partial charge >= 0.3 is 5.97 Å². The van der Waals surface area contributed by atoms with Gasteiger partial charge in [-0.2, -0.15) is 0 Å². The molecule has 0 aromatic heterocycles. The number of benzene rings is 1. The minimum atomic E-state index is -0.627. The summed E-state index contributed by atoms with van der Waals surface area (Å²) in [6.45, 7) is 1.44. The second-order valence-corrected chi connectivity index (χ2v) is 6.65. The monoisotopic (exact) mass is 429 g/mol. The lowest BCUT2D eigenvalue weighted by atomic mass is 10.2. The number of nitrogens with zero attached hydrogens (tertiary/aromatic N) is 1. The number of methoxy groups -OCH3 is 2. The number of hydrogen-bond acceptors (Lipinski definition) is 7. The zero-order chi connectivity index (χ0) is 18.6. The molecular formula is C16H16BrNO6S. The summed E-state index contributed by atoms with van der Waals surface area (Å²) in [6, 6.07) is 3.38. The number of halogens is 1. The molecule has 9 heteroatoms. The van der Waals surface area contributed by atoms with Gasteiger partial charge in [-0.3, -0.25) is 19.3 Å². The third-order valence-electron chi connectivity index (χ3n) is 3.26. The summed E-state index contributed by atoms with van der Waals surface area (Å²) in [4.78, 5) is 37.0. The maximum Gasteiger partial charge on any atom is 0.326 e. The lowest BCUT2D eigenvalue weighted by Crippen LogP contribution is -2.34. The number of thioether (sulfide) groups is 1. The van der Waals surface area contributed by atoms with E-state index in [1.165, 1.54) is 14.2 Å². The van der Waals surface area contributed by atoms with Crippen LogP contribution in [-0.4, -0.2) is 49.4 Å². The molecule has 2 rings (SSSR count). The van der Waals surface area contributed by atoms with Crippen molar-refractivity contribution in [2.24, 2.45) is 0 Å². The van der Waals surface area contributed by atoms with E-state index in [1.807, 2.05) is 0 Å². The van der Waals surface area contributed by atoms with Crippen molar-refractivity contribution in [2.75, 3.05) is 27.4 Å². The molecule has 2 amide bonds. The molecule has 0 N–H and O–H groups in total. The maximum atomic E-state index is 12.4. The first kappa shape index (κ1) is 19.3. The molecule has 1 fully saturated rings. The second-order valence-electron chi connectivity index (χ2n) is 4.80. The lowest BCUT2D eigenvalue weighted by molar-refractivity contribution is -0.145. The van der Waals surface area contributed by atoms with Crippen LogP contribution in [0.4, 0.5) is 4.79 Å². The molecule has 1 heterocycles. The number of imide groups is 1. The molecule has 0 unspecified atom stereocenters. The quantitative estimate of drug-likeness (QED) is 0.507. The molecule has 0 saturated carbocycles. The number of esters is 1. The molecule has 1 saturated heterocycles. The summed E-state index contributed by atoms with van der Waals surface area (Å²) in [7, 11) is 3.02. The van der Waals surface area contributed by atoms with E-state index in [4.69, 9.17) is 14.2 Å². The molecule has 0 radical (unpaired) electrons. The van der Waals surface area contributed by atoms with E-state index < -0.39 is 23.7 Å². The van der Waals surface area contributed by atoms with Gasteiger partial charge in [-0.05, 0) is 42.5 Å². The highest BCUT2D eigenvalue weighted by atomic mass is 79.9. The van der Waals surface area contributed by atoms with E-state index in [9.17, 15) is 14.4 Å². The number of ether oxygens (including phenoxy) is 3. The minimum absolute atomic E-state index is 0.184. The fourth-order valence-corrected chi connectivity index (χ4v) is 3.36. The van der Waals surface area contributed by atoms with Crippen molar-refractivity contribution in [3.05, 3.63) is 27.1 Å². The van der Waals surface area contributed by atoms with Crippen molar-refractivity contribution in [3.8, 4) is 11.5 Å². The van der Waals surface area contributed by atoms with Gasteiger partial charge in [-0.25, -0.2) is 0 Å². The van der Waals surface area contributed by atoms with Gasteiger partial charge in [0, 0.05) is 4.47 Å². The Balaban J connectivity index is 2.29. The Morgan fingerprint density at radius 3 is 2.48 bits per heavy atom. The van der Waals surface area contributed by atoms with Crippen LogP contribution in [0.1, 0.15) is 12.5 Å². The first-order valence-electron chi connectivity index (χ1n) is 7.23. The van der Waals surface area contributed by atoms with Crippen LogP contribution >= 0.6 is 27.7 Å². The Bertz CT molecular complexity index is 748. The Kier molecular flexibility index (Phi) is 6.49. The summed E-state index contributed by atoms with van der Waals surface area (Å²) in [5, 5.41) is -0.513. The highest BCUT2D eigenvalue weighted by molar-refractivity contribution is 9.10. The molecule has 1 aliphatic rings. The van der Waals surface area contributed by atoms with Crippen LogP contribution in [0.15, 0.2) is 21.5 Å². The first-order valence-corrected chi connectivity index (χ1v) is 8.84. The first-order chi connectivity index (χ1) is 11.9. The van der Waals surface area contributed by atoms with Crippen molar-refractivity contribution < 1.29 is 28.6 Å². The SMILES string of the molecule is CCOC(=O)CN1C(=O)S/C(=C/c2cc(OC)c(OC)cc2Br)C1=O. The molecule has 1 aromatic carbocycles. The molecule has 134 valence electrons. The lowest BCUT2D eigenvalue weighted by Gasteiger charge is -2.11. The third kappa shape index (κ3) is 4.35. The molecule has 0 aliphatic carbocycles. The summed E-state index contributed by atoms with van der Waals surface area (Å²) in [6.07, 6.45) is 1.56. The van der Waals surface area contributed by atoms with E-state index >= 15 is 0 Å². The van der Waals surface area contributed by atoms with Gasteiger partial charge in [0.05, 0.1) is 25.7 Å². The molecule has 1 aromatic rings. The molecular weight excluding hydrogens is 414 g/mol. The normalized spacial score (nSPS) is 15.7. The van der Waals surface area contributed by atoms with Gasteiger partial charge in [-0.1, -0.05) is 15.9 Å². The number of hydrogen-bond donors (Lipinski definition) is 0. The van der Waals surface area contributed by atoms with Crippen molar-refractivity contribution in [2.45, 2.75) is 6.92 Å². The fraction of sp³-hybridized carbons (Fsp3) is 0.312. The van der Waals surface area contributed by atoms with Crippen LogP contribution in [0.5, 0.6) is 11.5 Å². The summed E-state index contributed by atoms with van der Waals surface area (Å²) in [5.41, 5.74) is 0.638. The van der Waals surface area contributed by atoms with Crippen molar-refractivity contribution in [3.63, 3.8) is 0 Å². The summed E-state index contributed by atoms with van der Waals surface area (Å²) >= 11 is 4.16. The molecule has 0 bridgehead atoms. The smallest absolute Gasteiger partial charge is 0.326 e. The molecule has 1 aliphatic heterocycles. The average Bonchev–Trinajstić information content (AvgIpc) is 2.84. The number of carbonyl (C=O) groups is 3. The third-order valence-corrected chi connectivity index (χ3v) is 4.85. The number of carbonyl (C=O) groups excluding carboxylic acids is 3. The zero-order valence-corrected chi connectivity index (χ0v) is 16.2. The topological polar surface area (TPSA) is 82.1 Å². The zero-order valence-electron chi connectivity index (χ0n) is 13.8. The Hall–Kier alpha value is -2.00. The molecule has 0 spiro atoms. The van der Waals surface area contributed by atoms with Crippen LogP contribution in [0.2, 0.25) is 0 Å². The standard InChI is InChI=1S/C16H16BrNO6S/c1-4-24-14(19)8-18-15(20)13(25-16(18)21)6-9-5-11(22-2)12(23-3)7-10(9)17/h5-7H,4,8H2,1-3H3/b13-6+. The van der Waals surface area contributed by atoms with E-state index in [2.05, 4.69) is 15.9 Å². The van der Waals surface area contributed by atoms with Crippen LogP contribution in [0.3, 0.4) is 0 Å². The maximum absolute atomic E-state index is 12.4.